The number of nitrogens with one attached hydrogen (secondary N) is 1. The van der Waals surface area contributed by atoms with Gasteiger partial charge in [-0.3, -0.25) is 0 Å². The van der Waals surface area contributed by atoms with Gasteiger partial charge in [0.25, 0.3) is 0 Å². The van der Waals surface area contributed by atoms with Crippen molar-refractivity contribution in [2.75, 3.05) is 7.11 Å². The smallest absolute Gasteiger partial charge is 0.126 e. The van der Waals surface area contributed by atoms with E-state index in [-0.39, 0.29) is 0 Å². The van der Waals surface area contributed by atoms with Crippen LogP contribution >= 0.6 is 0 Å². The van der Waals surface area contributed by atoms with Crippen LogP contribution in [0.5, 0.6) is 5.75 Å². The summed E-state index contributed by atoms with van der Waals surface area (Å²) in [6.07, 6.45) is 1.22. The van der Waals surface area contributed by atoms with Crippen LogP contribution in [0.25, 0.3) is 5.57 Å². The maximum atomic E-state index is 7.04. The Labute approximate surface area is 72.0 Å². The fourth-order valence-electron chi connectivity index (χ4n) is 0.988. The molecule has 0 radical (unpaired) electrons. The highest BCUT2D eigenvalue weighted by Gasteiger charge is 2.01. The average molecular weight is 161 g/mol. The van der Waals surface area contributed by atoms with Crippen LogP contribution in [-0.2, 0) is 0 Å². The zero-order valence-electron chi connectivity index (χ0n) is 7.00. The van der Waals surface area contributed by atoms with E-state index in [0.717, 1.165) is 11.3 Å². The van der Waals surface area contributed by atoms with Gasteiger partial charge in [-0.1, -0.05) is 24.8 Å². The lowest BCUT2D eigenvalue weighted by Crippen LogP contribution is -1.90. The van der Waals surface area contributed by atoms with Crippen molar-refractivity contribution in [1.82, 2.24) is 0 Å². The number of methoxy groups -OCH3 is 1. The second kappa shape index (κ2) is 3.72. The number of para-hydroxylation sites is 1. The fourth-order valence-corrected chi connectivity index (χ4v) is 0.988. The van der Waals surface area contributed by atoms with Gasteiger partial charge in [-0.25, -0.2) is 0 Å². The van der Waals surface area contributed by atoms with Crippen molar-refractivity contribution >= 4 is 11.8 Å². The van der Waals surface area contributed by atoms with Crippen LogP contribution in [0.3, 0.4) is 0 Å². The van der Waals surface area contributed by atoms with Gasteiger partial charge in [0.15, 0.2) is 0 Å². The highest BCUT2D eigenvalue weighted by Crippen LogP contribution is 2.22. The quantitative estimate of drug-likeness (QED) is 0.678. The zero-order chi connectivity index (χ0) is 8.97. The molecule has 0 amide bonds. The molecule has 1 N–H and O–H groups in total. The minimum Gasteiger partial charge on any atom is -0.496 e. The molecule has 0 aliphatic rings. The lowest BCUT2D eigenvalue weighted by atomic mass is 10.1. The van der Waals surface area contributed by atoms with Crippen LogP contribution in [-0.4, -0.2) is 13.3 Å². The molecule has 2 nitrogen and oxygen atoms in total. The molecule has 0 aliphatic heterocycles. The topological polar surface area (TPSA) is 33.1 Å². The second-order valence-electron chi connectivity index (χ2n) is 2.37. The Morgan fingerprint density at radius 2 is 2.17 bits per heavy atom. The number of hydrogen-bond donors (Lipinski definition) is 1. The molecule has 12 heavy (non-hydrogen) atoms. The standard InChI is InChI=1S/C10H11NO/c1-8(7-11)9-5-3-4-6-10(9)12-2/h3-7,11H,1H2,2H3. The van der Waals surface area contributed by atoms with E-state index in [2.05, 4.69) is 6.58 Å². The van der Waals surface area contributed by atoms with E-state index in [9.17, 15) is 0 Å². The summed E-state index contributed by atoms with van der Waals surface area (Å²) in [6, 6.07) is 7.52. The summed E-state index contributed by atoms with van der Waals surface area (Å²) < 4.78 is 5.10. The first-order chi connectivity index (χ1) is 5.79. The van der Waals surface area contributed by atoms with Crippen LogP contribution in [0.1, 0.15) is 5.56 Å². The summed E-state index contributed by atoms with van der Waals surface area (Å²) >= 11 is 0. The summed E-state index contributed by atoms with van der Waals surface area (Å²) in [5, 5.41) is 7.04. The summed E-state index contributed by atoms with van der Waals surface area (Å²) in [6.45, 7) is 3.73. The van der Waals surface area contributed by atoms with Crippen molar-refractivity contribution in [3.8, 4) is 5.75 Å². The van der Waals surface area contributed by atoms with Gasteiger partial charge in [0, 0.05) is 11.8 Å². The molecule has 2 heteroatoms. The monoisotopic (exact) mass is 161 g/mol. The van der Waals surface area contributed by atoms with Gasteiger partial charge in [-0.05, 0) is 11.6 Å². The number of rotatable bonds is 3. The van der Waals surface area contributed by atoms with Gasteiger partial charge in [-0.15, -0.1) is 0 Å². The predicted molar refractivity (Wildman–Crippen MR) is 50.8 cm³/mol. The Kier molecular flexibility index (Phi) is 2.64. The van der Waals surface area contributed by atoms with Crippen molar-refractivity contribution in [3.05, 3.63) is 36.4 Å². The largest absolute Gasteiger partial charge is 0.496 e. The molecular formula is C10H11NO. The molecule has 1 aromatic carbocycles. The molecule has 0 bridgehead atoms. The molecule has 1 rings (SSSR count). The van der Waals surface area contributed by atoms with Gasteiger partial charge < -0.3 is 10.1 Å². The molecule has 0 aromatic heterocycles. The first-order valence-electron chi connectivity index (χ1n) is 3.62. The molecule has 1 aromatic rings. The molecule has 0 heterocycles. The number of hydrogen-bond acceptors (Lipinski definition) is 2. The van der Waals surface area contributed by atoms with Crippen molar-refractivity contribution in [3.63, 3.8) is 0 Å². The van der Waals surface area contributed by atoms with Gasteiger partial charge in [0.05, 0.1) is 7.11 Å². The Hall–Kier alpha value is -1.57. The van der Waals surface area contributed by atoms with E-state index in [0.29, 0.717) is 5.57 Å². The van der Waals surface area contributed by atoms with Crippen LogP contribution in [0.2, 0.25) is 0 Å². The van der Waals surface area contributed by atoms with Crippen LogP contribution in [0.15, 0.2) is 30.8 Å². The number of benzene rings is 1. The maximum Gasteiger partial charge on any atom is 0.126 e. The minimum absolute atomic E-state index is 0.660. The Balaban J connectivity index is 3.13. The van der Waals surface area contributed by atoms with Crippen molar-refractivity contribution < 1.29 is 4.74 Å². The third kappa shape index (κ3) is 1.53. The van der Waals surface area contributed by atoms with E-state index in [1.165, 1.54) is 6.21 Å². The first-order valence-corrected chi connectivity index (χ1v) is 3.62. The Bertz CT molecular complexity index is 304. The highest BCUT2D eigenvalue weighted by molar-refractivity contribution is 6.08. The van der Waals surface area contributed by atoms with Crippen LogP contribution in [0, 0.1) is 5.41 Å². The molecule has 0 saturated carbocycles. The zero-order valence-corrected chi connectivity index (χ0v) is 7.00. The molecule has 0 saturated heterocycles. The van der Waals surface area contributed by atoms with Crippen molar-refractivity contribution in [2.24, 2.45) is 0 Å². The fraction of sp³-hybridized carbons (Fsp3) is 0.100. The lowest BCUT2D eigenvalue weighted by Gasteiger charge is -2.06. The first kappa shape index (κ1) is 8.53. The summed E-state index contributed by atoms with van der Waals surface area (Å²) in [5.41, 5.74) is 1.53. The molecule has 62 valence electrons. The molecule has 0 atom stereocenters. The van der Waals surface area contributed by atoms with E-state index < -0.39 is 0 Å². The van der Waals surface area contributed by atoms with E-state index in [1.807, 2.05) is 24.3 Å². The van der Waals surface area contributed by atoms with Gasteiger partial charge >= 0.3 is 0 Å². The third-order valence-corrected chi connectivity index (χ3v) is 1.63. The van der Waals surface area contributed by atoms with E-state index in [1.54, 1.807) is 7.11 Å². The minimum atomic E-state index is 0.660. The molecule has 0 fully saturated rings. The molecular weight excluding hydrogens is 150 g/mol. The Morgan fingerprint density at radius 3 is 2.75 bits per heavy atom. The SMILES string of the molecule is C=C(C=N)c1ccccc1OC. The van der Waals surface area contributed by atoms with E-state index in [4.69, 9.17) is 10.1 Å². The molecule has 0 unspecified atom stereocenters. The van der Waals surface area contributed by atoms with Crippen molar-refractivity contribution in [2.45, 2.75) is 0 Å². The Morgan fingerprint density at radius 1 is 1.50 bits per heavy atom. The molecule has 0 aliphatic carbocycles. The van der Waals surface area contributed by atoms with Crippen molar-refractivity contribution in [1.29, 1.82) is 5.41 Å². The summed E-state index contributed by atoms with van der Waals surface area (Å²) in [4.78, 5) is 0. The van der Waals surface area contributed by atoms with Gasteiger partial charge in [0.2, 0.25) is 0 Å². The van der Waals surface area contributed by atoms with Crippen LogP contribution in [0.4, 0.5) is 0 Å². The van der Waals surface area contributed by atoms with Gasteiger partial charge in [0.1, 0.15) is 5.75 Å². The third-order valence-electron chi connectivity index (χ3n) is 1.63. The second-order valence-corrected chi connectivity index (χ2v) is 2.37. The van der Waals surface area contributed by atoms with Gasteiger partial charge in [-0.2, -0.15) is 0 Å². The summed E-state index contributed by atoms with van der Waals surface area (Å²) in [7, 11) is 1.61. The molecule has 0 spiro atoms. The number of allylic oxidation sites excluding steroid dienone is 1. The number of ether oxygens (including phenoxy) is 1. The van der Waals surface area contributed by atoms with Crippen LogP contribution < -0.4 is 4.74 Å². The maximum absolute atomic E-state index is 7.04. The predicted octanol–water partition coefficient (Wildman–Crippen LogP) is 2.36. The highest BCUT2D eigenvalue weighted by atomic mass is 16.5. The normalized spacial score (nSPS) is 9.08. The summed E-state index contributed by atoms with van der Waals surface area (Å²) in [5.74, 6) is 0.756. The average Bonchev–Trinajstić information content (AvgIpc) is 2.16. The van der Waals surface area contributed by atoms with E-state index >= 15 is 0 Å². The lowest BCUT2D eigenvalue weighted by molar-refractivity contribution is 0.413.